The standard InChI is InChI=1S/C20H25F3N2O2S/c1-4-9-15-16(5-2)24-19(28-3)25(18(15)26)17(12-27-13-20(21,22)23)14-10-7-6-8-11-14/h6-8,10-11,17H,4-5,9,12-13H2,1-3H3. The molecule has 1 aromatic heterocycles. The monoisotopic (exact) mass is 414 g/mol. The van der Waals surface area contributed by atoms with Crippen molar-refractivity contribution in [1.82, 2.24) is 9.55 Å². The molecule has 1 atom stereocenters. The van der Waals surface area contributed by atoms with E-state index < -0.39 is 18.8 Å². The van der Waals surface area contributed by atoms with E-state index in [0.29, 0.717) is 29.1 Å². The van der Waals surface area contributed by atoms with Gasteiger partial charge in [-0.3, -0.25) is 9.36 Å². The van der Waals surface area contributed by atoms with Crippen LogP contribution >= 0.6 is 11.8 Å². The van der Waals surface area contributed by atoms with Crippen molar-refractivity contribution in [3.8, 4) is 0 Å². The highest BCUT2D eigenvalue weighted by Crippen LogP contribution is 2.25. The molecular weight excluding hydrogens is 389 g/mol. The van der Waals surface area contributed by atoms with Gasteiger partial charge in [-0.25, -0.2) is 4.98 Å². The number of aromatic nitrogens is 2. The number of aryl methyl sites for hydroxylation is 1. The van der Waals surface area contributed by atoms with E-state index in [4.69, 9.17) is 4.74 Å². The topological polar surface area (TPSA) is 44.1 Å². The minimum absolute atomic E-state index is 0.206. The molecule has 1 unspecified atom stereocenters. The van der Waals surface area contributed by atoms with Crippen LogP contribution in [0.2, 0.25) is 0 Å². The Morgan fingerprint density at radius 2 is 1.89 bits per heavy atom. The second-order valence-corrected chi connectivity index (χ2v) is 7.13. The minimum atomic E-state index is -4.42. The zero-order valence-electron chi connectivity index (χ0n) is 16.3. The highest BCUT2D eigenvalue weighted by Gasteiger charge is 2.29. The number of ether oxygens (including phenoxy) is 1. The Labute approximate surface area is 167 Å². The molecule has 0 spiro atoms. The fourth-order valence-corrected chi connectivity index (χ4v) is 3.69. The molecule has 0 saturated heterocycles. The zero-order chi connectivity index (χ0) is 20.7. The highest BCUT2D eigenvalue weighted by molar-refractivity contribution is 7.98. The third kappa shape index (κ3) is 5.61. The summed E-state index contributed by atoms with van der Waals surface area (Å²) in [6.45, 7) is 2.29. The Morgan fingerprint density at radius 3 is 2.43 bits per heavy atom. The largest absolute Gasteiger partial charge is 0.411 e. The number of rotatable bonds is 9. The predicted octanol–water partition coefficient (Wildman–Crippen LogP) is 4.65. The molecule has 0 fully saturated rings. The molecule has 0 aliphatic heterocycles. The van der Waals surface area contributed by atoms with Crippen molar-refractivity contribution >= 4 is 11.8 Å². The van der Waals surface area contributed by atoms with Crippen molar-refractivity contribution in [3.63, 3.8) is 0 Å². The molecule has 1 aromatic carbocycles. The van der Waals surface area contributed by atoms with Crippen LogP contribution in [-0.4, -0.2) is 35.2 Å². The van der Waals surface area contributed by atoms with Gasteiger partial charge < -0.3 is 4.74 Å². The average Bonchev–Trinajstić information content (AvgIpc) is 2.67. The van der Waals surface area contributed by atoms with Crippen LogP contribution in [0, 0.1) is 0 Å². The fourth-order valence-electron chi connectivity index (χ4n) is 3.09. The number of alkyl halides is 3. The second-order valence-electron chi connectivity index (χ2n) is 6.36. The van der Waals surface area contributed by atoms with E-state index >= 15 is 0 Å². The molecule has 8 heteroatoms. The molecule has 0 bridgehead atoms. The molecule has 4 nitrogen and oxygen atoms in total. The lowest BCUT2D eigenvalue weighted by Crippen LogP contribution is -2.35. The van der Waals surface area contributed by atoms with Crippen LogP contribution in [-0.2, 0) is 17.6 Å². The van der Waals surface area contributed by atoms with Gasteiger partial charge in [0.05, 0.1) is 18.3 Å². The molecule has 28 heavy (non-hydrogen) atoms. The fraction of sp³-hybridized carbons (Fsp3) is 0.500. The normalized spacial score (nSPS) is 12.9. The van der Waals surface area contributed by atoms with Crippen molar-refractivity contribution < 1.29 is 17.9 Å². The number of halogens is 3. The second kappa shape index (κ2) is 10.1. The quantitative estimate of drug-likeness (QED) is 0.443. The summed E-state index contributed by atoms with van der Waals surface area (Å²) in [7, 11) is 0. The van der Waals surface area contributed by atoms with Gasteiger partial charge in [-0.1, -0.05) is 62.4 Å². The lowest BCUT2D eigenvalue weighted by Gasteiger charge is -2.24. The third-order valence-corrected chi connectivity index (χ3v) is 4.97. The summed E-state index contributed by atoms with van der Waals surface area (Å²) in [5.74, 6) is 0. The molecule has 0 saturated carbocycles. The van der Waals surface area contributed by atoms with Crippen molar-refractivity contribution in [2.24, 2.45) is 0 Å². The van der Waals surface area contributed by atoms with E-state index in [2.05, 4.69) is 4.98 Å². The van der Waals surface area contributed by atoms with E-state index in [-0.39, 0.29) is 12.2 Å². The molecule has 154 valence electrons. The first-order chi connectivity index (χ1) is 13.3. The molecule has 0 radical (unpaired) electrons. The lowest BCUT2D eigenvalue weighted by molar-refractivity contribution is -0.175. The van der Waals surface area contributed by atoms with Gasteiger partial charge in [-0.15, -0.1) is 0 Å². The van der Waals surface area contributed by atoms with Gasteiger partial charge in [0.2, 0.25) is 0 Å². The minimum Gasteiger partial charge on any atom is -0.370 e. The van der Waals surface area contributed by atoms with Crippen molar-refractivity contribution in [1.29, 1.82) is 0 Å². The summed E-state index contributed by atoms with van der Waals surface area (Å²) < 4.78 is 44.2. The van der Waals surface area contributed by atoms with Gasteiger partial charge in [0.1, 0.15) is 6.61 Å². The molecule has 2 rings (SSSR count). The summed E-state index contributed by atoms with van der Waals surface area (Å²) in [6, 6.07) is 8.27. The summed E-state index contributed by atoms with van der Waals surface area (Å²) in [6.07, 6.45) is -0.640. The number of benzene rings is 1. The molecule has 0 aliphatic rings. The van der Waals surface area contributed by atoms with Crippen LogP contribution in [0.3, 0.4) is 0 Å². The van der Waals surface area contributed by atoms with Gasteiger partial charge in [0, 0.05) is 5.56 Å². The molecule has 2 aromatic rings. The van der Waals surface area contributed by atoms with Gasteiger partial charge in [-0.05, 0) is 24.7 Å². The van der Waals surface area contributed by atoms with Crippen LogP contribution in [0.1, 0.15) is 43.1 Å². The first kappa shape index (κ1) is 22.5. The first-order valence-corrected chi connectivity index (χ1v) is 10.4. The van der Waals surface area contributed by atoms with Gasteiger partial charge in [0.15, 0.2) is 5.16 Å². The molecule has 0 amide bonds. The Bertz CT molecular complexity index is 823. The Hall–Kier alpha value is -1.80. The van der Waals surface area contributed by atoms with Crippen LogP contribution in [0.25, 0.3) is 0 Å². The molecule has 0 aliphatic carbocycles. The van der Waals surface area contributed by atoms with Gasteiger partial charge in [0.25, 0.3) is 5.56 Å². The molecular formula is C20H25F3N2O2S. The first-order valence-electron chi connectivity index (χ1n) is 9.20. The van der Waals surface area contributed by atoms with Crippen LogP contribution < -0.4 is 5.56 Å². The van der Waals surface area contributed by atoms with Gasteiger partial charge >= 0.3 is 6.18 Å². The predicted molar refractivity (Wildman–Crippen MR) is 105 cm³/mol. The maximum atomic E-state index is 13.3. The van der Waals surface area contributed by atoms with E-state index in [1.165, 1.54) is 16.3 Å². The number of hydrogen-bond donors (Lipinski definition) is 0. The zero-order valence-corrected chi connectivity index (χ0v) is 17.1. The van der Waals surface area contributed by atoms with Crippen molar-refractivity contribution in [2.45, 2.75) is 50.5 Å². The van der Waals surface area contributed by atoms with Gasteiger partial charge in [-0.2, -0.15) is 13.2 Å². The average molecular weight is 414 g/mol. The Kier molecular flexibility index (Phi) is 8.12. The Balaban J connectivity index is 2.57. The number of hydrogen-bond acceptors (Lipinski definition) is 4. The summed E-state index contributed by atoms with van der Waals surface area (Å²) in [4.78, 5) is 18.0. The maximum Gasteiger partial charge on any atom is 0.411 e. The number of nitrogens with zero attached hydrogens (tertiary/aromatic N) is 2. The van der Waals surface area contributed by atoms with E-state index in [1.54, 1.807) is 30.5 Å². The molecule has 0 N–H and O–H groups in total. The number of thioether (sulfide) groups is 1. The van der Waals surface area contributed by atoms with Crippen LogP contribution in [0.5, 0.6) is 0 Å². The molecule has 1 heterocycles. The summed E-state index contributed by atoms with van der Waals surface area (Å²) in [5, 5.41) is 0.478. The summed E-state index contributed by atoms with van der Waals surface area (Å²) >= 11 is 1.30. The van der Waals surface area contributed by atoms with Crippen LogP contribution in [0.15, 0.2) is 40.3 Å². The lowest BCUT2D eigenvalue weighted by atomic mass is 10.1. The van der Waals surface area contributed by atoms with E-state index in [9.17, 15) is 18.0 Å². The maximum absolute atomic E-state index is 13.3. The van der Waals surface area contributed by atoms with Crippen molar-refractivity contribution in [3.05, 3.63) is 57.5 Å². The smallest absolute Gasteiger partial charge is 0.370 e. The van der Waals surface area contributed by atoms with E-state index in [0.717, 1.165) is 12.1 Å². The van der Waals surface area contributed by atoms with Crippen molar-refractivity contribution in [2.75, 3.05) is 19.5 Å². The summed E-state index contributed by atoms with van der Waals surface area (Å²) in [5.41, 5.74) is 1.87. The van der Waals surface area contributed by atoms with Crippen LogP contribution in [0.4, 0.5) is 13.2 Å². The highest BCUT2D eigenvalue weighted by atomic mass is 32.2. The Morgan fingerprint density at radius 1 is 1.21 bits per heavy atom. The third-order valence-electron chi connectivity index (χ3n) is 4.32. The van der Waals surface area contributed by atoms with E-state index in [1.807, 2.05) is 19.9 Å². The SMILES string of the molecule is CCCc1c(CC)nc(SC)n(C(COCC(F)(F)F)c2ccccc2)c1=O.